The molecular formula is C14H9Cl2F4N. The van der Waals surface area contributed by atoms with Gasteiger partial charge in [-0.2, -0.15) is 13.2 Å². The third kappa shape index (κ3) is 4.02. The summed E-state index contributed by atoms with van der Waals surface area (Å²) < 4.78 is 52.3. The normalized spacial score (nSPS) is 11.5. The molecule has 0 aliphatic rings. The largest absolute Gasteiger partial charge is 0.418 e. The third-order valence-electron chi connectivity index (χ3n) is 2.77. The number of hydrogen-bond donors (Lipinski definition) is 1. The molecule has 0 unspecified atom stereocenters. The van der Waals surface area contributed by atoms with Crippen LogP contribution in [0.3, 0.4) is 0 Å². The molecule has 0 aliphatic carbocycles. The smallest absolute Gasteiger partial charge is 0.380 e. The molecule has 1 N–H and O–H groups in total. The number of anilines is 1. The first-order valence-electron chi connectivity index (χ1n) is 5.82. The van der Waals surface area contributed by atoms with Crippen molar-refractivity contribution in [2.24, 2.45) is 0 Å². The molecule has 7 heteroatoms. The highest BCUT2D eigenvalue weighted by Crippen LogP contribution is 2.36. The Morgan fingerprint density at radius 1 is 0.952 bits per heavy atom. The fourth-order valence-corrected chi connectivity index (χ4v) is 2.09. The van der Waals surface area contributed by atoms with Crippen LogP contribution in [0, 0.1) is 5.82 Å². The van der Waals surface area contributed by atoms with Gasteiger partial charge >= 0.3 is 6.18 Å². The summed E-state index contributed by atoms with van der Waals surface area (Å²) in [6.07, 6.45) is -4.55. The molecule has 2 aromatic carbocycles. The molecule has 0 saturated heterocycles. The van der Waals surface area contributed by atoms with Crippen molar-refractivity contribution < 1.29 is 17.6 Å². The average molecular weight is 338 g/mol. The van der Waals surface area contributed by atoms with Gasteiger partial charge < -0.3 is 5.32 Å². The summed E-state index contributed by atoms with van der Waals surface area (Å²) in [6, 6.07) is 7.34. The van der Waals surface area contributed by atoms with E-state index in [4.69, 9.17) is 23.2 Å². The molecule has 0 saturated carbocycles. The Morgan fingerprint density at radius 2 is 1.57 bits per heavy atom. The molecule has 112 valence electrons. The van der Waals surface area contributed by atoms with Crippen molar-refractivity contribution in [2.75, 3.05) is 5.32 Å². The zero-order valence-corrected chi connectivity index (χ0v) is 12.0. The maximum Gasteiger partial charge on any atom is 0.418 e. The molecule has 0 fully saturated rings. The summed E-state index contributed by atoms with van der Waals surface area (Å²) in [5.74, 6) is -0.586. The molecule has 0 atom stereocenters. The van der Waals surface area contributed by atoms with E-state index in [9.17, 15) is 17.6 Å². The van der Waals surface area contributed by atoms with Gasteiger partial charge in [-0.15, -0.1) is 0 Å². The van der Waals surface area contributed by atoms with E-state index in [0.29, 0.717) is 0 Å². The lowest BCUT2D eigenvalue weighted by Crippen LogP contribution is -2.11. The lowest BCUT2D eigenvalue weighted by Gasteiger charge is -2.15. The maximum absolute atomic E-state index is 13.6. The summed E-state index contributed by atoms with van der Waals surface area (Å²) in [5, 5.41) is 2.76. The lowest BCUT2D eigenvalue weighted by molar-refractivity contribution is -0.136. The van der Waals surface area contributed by atoms with Crippen LogP contribution < -0.4 is 5.32 Å². The first-order valence-corrected chi connectivity index (χ1v) is 6.57. The van der Waals surface area contributed by atoms with Gasteiger partial charge in [-0.25, -0.2) is 4.39 Å². The second kappa shape index (κ2) is 6.12. The Morgan fingerprint density at radius 3 is 2.19 bits per heavy atom. The zero-order chi connectivity index (χ0) is 15.6. The summed E-state index contributed by atoms with van der Waals surface area (Å²) in [7, 11) is 0. The van der Waals surface area contributed by atoms with Gasteiger partial charge in [0.25, 0.3) is 0 Å². The van der Waals surface area contributed by atoms with E-state index in [1.165, 1.54) is 24.3 Å². The van der Waals surface area contributed by atoms with E-state index >= 15 is 0 Å². The quantitative estimate of drug-likeness (QED) is 0.701. The van der Waals surface area contributed by atoms with E-state index in [2.05, 4.69) is 5.32 Å². The molecule has 0 aromatic heterocycles. The van der Waals surface area contributed by atoms with Crippen molar-refractivity contribution >= 4 is 28.9 Å². The van der Waals surface area contributed by atoms with Crippen LogP contribution in [0.25, 0.3) is 0 Å². The van der Waals surface area contributed by atoms with Gasteiger partial charge in [0.15, 0.2) is 0 Å². The highest BCUT2D eigenvalue weighted by atomic mass is 35.5. The van der Waals surface area contributed by atoms with Gasteiger partial charge in [-0.05, 0) is 30.3 Å². The molecule has 21 heavy (non-hydrogen) atoms. The van der Waals surface area contributed by atoms with Gasteiger partial charge in [-0.1, -0.05) is 29.3 Å². The van der Waals surface area contributed by atoms with Gasteiger partial charge in [0.1, 0.15) is 5.82 Å². The van der Waals surface area contributed by atoms with Crippen LogP contribution in [-0.4, -0.2) is 0 Å². The molecular weight excluding hydrogens is 329 g/mol. The Labute approximate surface area is 128 Å². The SMILES string of the molecule is Fc1cc(Cl)ccc1CNc1ccc(Cl)cc1C(F)(F)F. The van der Waals surface area contributed by atoms with E-state index in [-0.39, 0.29) is 27.8 Å². The van der Waals surface area contributed by atoms with Crippen LogP contribution in [0.4, 0.5) is 23.2 Å². The van der Waals surface area contributed by atoms with Gasteiger partial charge in [0.05, 0.1) is 5.56 Å². The molecule has 0 heterocycles. The number of hydrogen-bond acceptors (Lipinski definition) is 1. The number of benzene rings is 2. The topological polar surface area (TPSA) is 12.0 Å². The average Bonchev–Trinajstić information content (AvgIpc) is 2.38. The summed E-state index contributed by atoms with van der Waals surface area (Å²) in [4.78, 5) is 0. The van der Waals surface area contributed by atoms with Crippen LogP contribution >= 0.6 is 23.2 Å². The highest BCUT2D eigenvalue weighted by Gasteiger charge is 2.33. The van der Waals surface area contributed by atoms with Crippen LogP contribution in [0.15, 0.2) is 36.4 Å². The number of halogens is 6. The highest BCUT2D eigenvalue weighted by molar-refractivity contribution is 6.31. The second-order valence-corrected chi connectivity index (χ2v) is 5.15. The standard InChI is InChI=1S/C14H9Cl2F4N/c15-9-3-4-13(11(5-9)14(18,19)20)21-7-8-1-2-10(16)6-12(8)17/h1-6,21H,7H2. The predicted molar refractivity (Wildman–Crippen MR) is 75.2 cm³/mol. The molecule has 2 rings (SSSR count). The maximum atomic E-state index is 13.6. The summed E-state index contributed by atoms with van der Waals surface area (Å²) in [5.41, 5.74) is -0.854. The van der Waals surface area contributed by atoms with E-state index in [1.54, 1.807) is 0 Å². The molecule has 0 aliphatic heterocycles. The number of alkyl halides is 3. The minimum absolute atomic E-state index is 0.0226. The van der Waals surface area contributed by atoms with Crippen LogP contribution in [0.5, 0.6) is 0 Å². The minimum Gasteiger partial charge on any atom is -0.380 e. The van der Waals surface area contributed by atoms with Gasteiger partial charge in [0, 0.05) is 27.8 Å². The van der Waals surface area contributed by atoms with Crippen LogP contribution in [0.1, 0.15) is 11.1 Å². The van der Waals surface area contributed by atoms with E-state index in [1.807, 2.05) is 0 Å². The van der Waals surface area contributed by atoms with Crippen molar-refractivity contribution in [1.29, 1.82) is 0 Å². The zero-order valence-electron chi connectivity index (χ0n) is 10.4. The fourth-order valence-electron chi connectivity index (χ4n) is 1.76. The van der Waals surface area contributed by atoms with Crippen molar-refractivity contribution in [3.8, 4) is 0 Å². The molecule has 2 aromatic rings. The van der Waals surface area contributed by atoms with E-state index in [0.717, 1.165) is 12.1 Å². The molecule has 0 bridgehead atoms. The Hall–Kier alpha value is -1.46. The molecule has 1 nitrogen and oxygen atoms in total. The monoisotopic (exact) mass is 337 g/mol. The Kier molecular flexibility index (Phi) is 4.64. The second-order valence-electron chi connectivity index (χ2n) is 4.28. The predicted octanol–water partition coefficient (Wildman–Crippen LogP) is 5.76. The van der Waals surface area contributed by atoms with Crippen molar-refractivity contribution in [3.05, 3.63) is 63.4 Å². The summed E-state index contributed by atoms with van der Waals surface area (Å²) in [6.45, 7) is -0.103. The fraction of sp³-hybridized carbons (Fsp3) is 0.143. The van der Waals surface area contributed by atoms with Crippen LogP contribution in [-0.2, 0) is 12.7 Å². The van der Waals surface area contributed by atoms with Crippen molar-refractivity contribution in [2.45, 2.75) is 12.7 Å². The third-order valence-corrected chi connectivity index (χ3v) is 3.24. The first kappa shape index (κ1) is 15.9. The Bertz CT molecular complexity index is 656. The van der Waals surface area contributed by atoms with Gasteiger partial charge in [0.2, 0.25) is 0 Å². The lowest BCUT2D eigenvalue weighted by atomic mass is 10.1. The number of nitrogens with one attached hydrogen (secondary N) is 1. The first-order chi connectivity index (χ1) is 9.77. The molecule has 0 spiro atoms. The number of rotatable bonds is 3. The Balaban J connectivity index is 2.24. The minimum atomic E-state index is -4.55. The van der Waals surface area contributed by atoms with Gasteiger partial charge in [-0.3, -0.25) is 0 Å². The van der Waals surface area contributed by atoms with Crippen molar-refractivity contribution in [1.82, 2.24) is 0 Å². The van der Waals surface area contributed by atoms with E-state index < -0.39 is 17.6 Å². The van der Waals surface area contributed by atoms with Crippen LogP contribution in [0.2, 0.25) is 10.0 Å². The molecule has 0 amide bonds. The van der Waals surface area contributed by atoms with Crippen molar-refractivity contribution in [3.63, 3.8) is 0 Å². The molecule has 0 radical (unpaired) electrons. The summed E-state index contributed by atoms with van der Waals surface area (Å²) >= 11 is 11.2.